The van der Waals surface area contributed by atoms with Gasteiger partial charge in [0.1, 0.15) is 6.54 Å². The van der Waals surface area contributed by atoms with E-state index >= 15 is 0 Å². The summed E-state index contributed by atoms with van der Waals surface area (Å²) in [7, 11) is 0. The highest BCUT2D eigenvalue weighted by atomic mass is 16.3. The monoisotopic (exact) mass is 318 g/mol. The molecule has 1 heterocycles. The Kier molecular flexibility index (Phi) is 5.42. The standard InChI is InChI=1S/C18H26N2O3/c1-18(2,3)10-14(12-21)19-16(22)11-20-15-7-5-4-6-13(15)8-9-17(20)23/h4-7,14,21H,8-12H2,1-3H3,(H,19,22). The van der Waals surface area contributed by atoms with Crippen LogP contribution in [0.1, 0.15) is 39.2 Å². The van der Waals surface area contributed by atoms with Gasteiger partial charge in [0.15, 0.2) is 0 Å². The SMILES string of the molecule is CC(C)(C)CC(CO)NC(=O)CN1C(=O)CCc2ccccc21. The van der Waals surface area contributed by atoms with Crippen molar-refractivity contribution in [2.75, 3.05) is 18.1 Å². The quantitative estimate of drug-likeness (QED) is 0.871. The number of aryl methyl sites for hydroxylation is 1. The van der Waals surface area contributed by atoms with Crippen LogP contribution in [0.4, 0.5) is 5.69 Å². The predicted octanol–water partition coefficient (Wildman–Crippen LogP) is 1.88. The summed E-state index contributed by atoms with van der Waals surface area (Å²) in [6, 6.07) is 7.38. The number of nitrogens with zero attached hydrogens (tertiary/aromatic N) is 1. The van der Waals surface area contributed by atoms with Crippen LogP contribution in [-0.2, 0) is 16.0 Å². The Labute approximate surface area is 137 Å². The van der Waals surface area contributed by atoms with Crippen LogP contribution in [0, 0.1) is 5.41 Å². The van der Waals surface area contributed by atoms with Crippen molar-refractivity contribution >= 4 is 17.5 Å². The summed E-state index contributed by atoms with van der Waals surface area (Å²) in [5, 5.41) is 12.3. The van der Waals surface area contributed by atoms with Crippen LogP contribution in [0.2, 0.25) is 0 Å². The topological polar surface area (TPSA) is 69.6 Å². The molecule has 0 saturated carbocycles. The molecule has 1 aliphatic heterocycles. The van der Waals surface area contributed by atoms with E-state index in [0.717, 1.165) is 17.7 Å². The summed E-state index contributed by atoms with van der Waals surface area (Å²) >= 11 is 0. The average molecular weight is 318 g/mol. The molecule has 0 aliphatic carbocycles. The van der Waals surface area contributed by atoms with Gasteiger partial charge in [0.25, 0.3) is 0 Å². The highest BCUT2D eigenvalue weighted by Gasteiger charge is 2.27. The van der Waals surface area contributed by atoms with Gasteiger partial charge >= 0.3 is 0 Å². The van der Waals surface area contributed by atoms with E-state index in [1.165, 1.54) is 0 Å². The maximum atomic E-state index is 12.3. The second kappa shape index (κ2) is 7.13. The zero-order chi connectivity index (χ0) is 17.0. The molecule has 0 aromatic heterocycles. The summed E-state index contributed by atoms with van der Waals surface area (Å²) < 4.78 is 0. The molecule has 5 nitrogen and oxygen atoms in total. The summed E-state index contributed by atoms with van der Waals surface area (Å²) in [4.78, 5) is 26.0. The molecule has 2 N–H and O–H groups in total. The predicted molar refractivity (Wildman–Crippen MR) is 90.2 cm³/mol. The van der Waals surface area contributed by atoms with Crippen LogP contribution in [-0.4, -0.2) is 36.1 Å². The third-order valence-electron chi connectivity index (χ3n) is 3.94. The molecule has 5 heteroatoms. The fraction of sp³-hybridized carbons (Fsp3) is 0.556. The van der Waals surface area contributed by atoms with E-state index in [-0.39, 0.29) is 36.4 Å². The number of carbonyl (C=O) groups is 2. The number of hydrogen-bond donors (Lipinski definition) is 2. The Morgan fingerprint density at radius 1 is 1.30 bits per heavy atom. The number of aliphatic hydroxyl groups is 1. The van der Waals surface area contributed by atoms with E-state index < -0.39 is 0 Å². The molecule has 2 rings (SSSR count). The van der Waals surface area contributed by atoms with E-state index in [1.807, 2.05) is 24.3 Å². The fourth-order valence-corrected chi connectivity index (χ4v) is 2.99. The Bertz CT molecular complexity index is 578. The lowest BCUT2D eigenvalue weighted by atomic mass is 9.88. The van der Waals surface area contributed by atoms with Gasteiger partial charge in [-0.1, -0.05) is 39.0 Å². The van der Waals surface area contributed by atoms with Gasteiger partial charge in [-0.25, -0.2) is 0 Å². The molecule has 1 aliphatic rings. The third-order valence-corrected chi connectivity index (χ3v) is 3.94. The van der Waals surface area contributed by atoms with Crippen molar-refractivity contribution in [1.29, 1.82) is 0 Å². The smallest absolute Gasteiger partial charge is 0.240 e. The molecule has 126 valence electrons. The summed E-state index contributed by atoms with van der Waals surface area (Å²) in [5.74, 6) is -0.270. The van der Waals surface area contributed by atoms with Crippen LogP contribution in [0.15, 0.2) is 24.3 Å². The first-order valence-corrected chi connectivity index (χ1v) is 8.08. The molecule has 0 bridgehead atoms. The normalized spacial score (nSPS) is 16.0. The number of benzene rings is 1. The second-order valence-corrected chi connectivity index (χ2v) is 7.32. The number of anilines is 1. The molecule has 1 aromatic rings. The lowest BCUT2D eigenvalue weighted by Crippen LogP contribution is -2.47. The van der Waals surface area contributed by atoms with Crippen LogP contribution < -0.4 is 10.2 Å². The van der Waals surface area contributed by atoms with Crippen molar-refractivity contribution in [2.45, 2.75) is 46.1 Å². The molecule has 1 unspecified atom stereocenters. The summed E-state index contributed by atoms with van der Waals surface area (Å²) in [5.41, 5.74) is 1.91. The van der Waals surface area contributed by atoms with Gasteiger partial charge < -0.3 is 15.3 Å². The van der Waals surface area contributed by atoms with Crippen LogP contribution in [0.5, 0.6) is 0 Å². The lowest BCUT2D eigenvalue weighted by Gasteiger charge is -2.30. The molecule has 1 aromatic carbocycles. The zero-order valence-corrected chi connectivity index (χ0v) is 14.1. The van der Waals surface area contributed by atoms with Gasteiger partial charge in [-0.15, -0.1) is 0 Å². The minimum atomic E-state index is -0.294. The van der Waals surface area contributed by atoms with Crippen molar-refractivity contribution in [1.82, 2.24) is 5.32 Å². The minimum Gasteiger partial charge on any atom is -0.394 e. The molecule has 1 atom stereocenters. The largest absolute Gasteiger partial charge is 0.394 e. The lowest BCUT2D eigenvalue weighted by molar-refractivity contribution is -0.124. The number of nitrogens with one attached hydrogen (secondary N) is 1. The first-order chi connectivity index (χ1) is 10.8. The van der Waals surface area contributed by atoms with Gasteiger partial charge in [-0.3, -0.25) is 9.59 Å². The number of amides is 2. The van der Waals surface area contributed by atoms with Crippen LogP contribution in [0.25, 0.3) is 0 Å². The molecular formula is C18H26N2O3. The third kappa shape index (κ3) is 4.79. The molecular weight excluding hydrogens is 292 g/mol. The number of carbonyl (C=O) groups excluding carboxylic acids is 2. The van der Waals surface area contributed by atoms with Crippen molar-refractivity contribution in [3.8, 4) is 0 Å². The van der Waals surface area contributed by atoms with Gasteiger partial charge in [0.2, 0.25) is 11.8 Å². The van der Waals surface area contributed by atoms with E-state index in [2.05, 4.69) is 26.1 Å². The highest BCUT2D eigenvalue weighted by Crippen LogP contribution is 2.27. The van der Waals surface area contributed by atoms with Crippen LogP contribution >= 0.6 is 0 Å². The number of rotatable bonds is 5. The Morgan fingerprint density at radius 2 is 2.00 bits per heavy atom. The maximum absolute atomic E-state index is 12.3. The first kappa shape index (κ1) is 17.5. The number of hydrogen-bond acceptors (Lipinski definition) is 3. The number of para-hydroxylation sites is 1. The molecule has 0 spiro atoms. The Morgan fingerprint density at radius 3 is 2.65 bits per heavy atom. The fourth-order valence-electron chi connectivity index (χ4n) is 2.99. The Hall–Kier alpha value is -1.88. The second-order valence-electron chi connectivity index (χ2n) is 7.32. The maximum Gasteiger partial charge on any atom is 0.240 e. The van der Waals surface area contributed by atoms with Gasteiger partial charge in [0.05, 0.1) is 12.6 Å². The van der Waals surface area contributed by atoms with Crippen molar-refractivity contribution in [2.24, 2.45) is 5.41 Å². The van der Waals surface area contributed by atoms with Crippen molar-refractivity contribution < 1.29 is 14.7 Å². The van der Waals surface area contributed by atoms with E-state index in [1.54, 1.807) is 4.90 Å². The molecule has 0 saturated heterocycles. The van der Waals surface area contributed by atoms with Crippen LogP contribution in [0.3, 0.4) is 0 Å². The number of aliphatic hydroxyl groups excluding tert-OH is 1. The highest BCUT2D eigenvalue weighted by molar-refractivity contribution is 6.01. The zero-order valence-electron chi connectivity index (χ0n) is 14.1. The first-order valence-electron chi connectivity index (χ1n) is 8.08. The van der Waals surface area contributed by atoms with E-state index in [9.17, 15) is 14.7 Å². The molecule has 0 fully saturated rings. The molecule has 0 radical (unpaired) electrons. The molecule has 23 heavy (non-hydrogen) atoms. The minimum absolute atomic E-state index is 0.00348. The Balaban J connectivity index is 2.03. The van der Waals surface area contributed by atoms with Crippen molar-refractivity contribution in [3.05, 3.63) is 29.8 Å². The summed E-state index contributed by atoms with van der Waals surface area (Å²) in [6.45, 7) is 6.08. The van der Waals surface area contributed by atoms with Gasteiger partial charge in [-0.2, -0.15) is 0 Å². The van der Waals surface area contributed by atoms with Gasteiger partial charge in [0, 0.05) is 12.1 Å². The van der Waals surface area contributed by atoms with E-state index in [0.29, 0.717) is 12.8 Å². The molecule has 2 amide bonds. The van der Waals surface area contributed by atoms with E-state index in [4.69, 9.17) is 0 Å². The average Bonchev–Trinajstić information content (AvgIpc) is 2.48. The summed E-state index contributed by atoms with van der Waals surface area (Å²) in [6.07, 6.45) is 1.83. The van der Waals surface area contributed by atoms with Gasteiger partial charge in [-0.05, 0) is 29.9 Å². The number of fused-ring (bicyclic) bond motifs is 1. The van der Waals surface area contributed by atoms with Crippen molar-refractivity contribution in [3.63, 3.8) is 0 Å².